The summed E-state index contributed by atoms with van der Waals surface area (Å²) in [5, 5.41) is 4.01. The highest BCUT2D eigenvalue weighted by atomic mass is 32.2. The maximum absolute atomic E-state index is 13.5. The summed E-state index contributed by atoms with van der Waals surface area (Å²) in [4.78, 5) is 14.4. The molecule has 1 amide bonds. The summed E-state index contributed by atoms with van der Waals surface area (Å²) < 4.78 is 56.0. The van der Waals surface area contributed by atoms with Crippen LogP contribution in [0.15, 0.2) is 28.2 Å². The van der Waals surface area contributed by atoms with Gasteiger partial charge in [-0.1, -0.05) is 19.9 Å². The molecular formula is C22H33F2N3O4S. The number of sulfone groups is 1. The fourth-order valence-corrected chi connectivity index (χ4v) is 5.12. The number of ether oxygens (including phenoxy) is 1. The van der Waals surface area contributed by atoms with Gasteiger partial charge in [0.15, 0.2) is 9.84 Å². The van der Waals surface area contributed by atoms with Crippen LogP contribution < -0.4 is 5.43 Å². The minimum absolute atomic E-state index is 0.0462. The largest absolute Gasteiger partial charge is 0.496 e. The van der Waals surface area contributed by atoms with Crippen molar-refractivity contribution in [2.24, 2.45) is 16.9 Å². The van der Waals surface area contributed by atoms with E-state index < -0.39 is 21.7 Å². The summed E-state index contributed by atoms with van der Waals surface area (Å²) in [5.41, 5.74) is 4.09. The highest BCUT2D eigenvalue weighted by Crippen LogP contribution is 2.34. The third-order valence-electron chi connectivity index (χ3n) is 6.19. The Labute approximate surface area is 188 Å². The molecule has 32 heavy (non-hydrogen) atoms. The highest BCUT2D eigenvalue weighted by molar-refractivity contribution is 7.92. The second-order valence-electron chi connectivity index (χ2n) is 9.10. The molecule has 2 saturated heterocycles. The van der Waals surface area contributed by atoms with Gasteiger partial charge in [-0.05, 0) is 38.0 Å². The zero-order chi connectivity index (χ0) is 23.5. The number of carbonyl (C=O) groups is 1. The Kier molecular flexibility index (Phi) is 7.62. The molecule has 10 heteroatoms. The molecule has 0 radical (unpaired) electrons. The van der Waals surface area contributed by atoms with Crippen molar-refractivity contribution in [1.82, 2.24) is 10.3 Å². The van der Waals surface area contributed by atoms with E-state index in [-0.39, 0.29) is 30.5 Å². The van der Waals surface area contributed by atoms with E-state index in [0.717, 1.165) is 12.8 Å². The number of halogens is 2. The summed E-state index contributed by atoms with van der Waals surface area (Å²) in [6, 6.07) is 0. The van der Waals surface area contributed by atoms with Crippen LogP contribution in [0.3, 0.4) is 0 Å². The topological polar surface area (TPSA) is 88.1 Å². The third kappa shape index (κ3) is 6.76. The van der Waals surface area contributed by atoms with Gasteiger partial charge in [-0.2, -0.15) is 5.10 Å². The Hall–Kier alpha value is -1.97. The summed E-state index contributed by atoms with van der Waals surface area (Å²) in [6.45, 7) is 5.54. The predicted octanol–water partition coefficient (Wildman–Crippen LogP) is 3.25. The number of rotatable bonds is 10. The van der Waals surface area contributed by atoms with Crippen LogP contribution in [0.25, 0.3) is 0 Å². The summed E-state index contributed by atoms with van der Waals surface area (Å²) >= 11 is 0. The van der Waals surface area contributed by atoms with Crippen molar-refractivity contribution < 1.29 is 26.7 Å². The monoisotopic (exact) mass is 473 g/mol. The first kappa shape index (κ1) is 24.7. The first-order chi connectivity index (χ1) is 15.0. The average molecular weight is 474 g/mol. The molecule has 3 rings (SSSR count). The first-order valence-electron chi connectivity index (χ1n) is 11.2. The predicted molar refractivity (Wildman–Crippen MR) is 119 cm³/mol. The average Bonchev–Trinajstić information content (AvgIpc) is 3.47. The van der Waals surface area contributed by atoms with Crippen molar-refractivity contribution in [3.8, 4) is 0 Å². The number of amides is 1. The maximum atomic E-state index is 13.5. The normalized spacial score (nSPS) is 25.2. The van der Waals surface area contributed by atoms with Gasteiger partial charge < -0.3 is 9.64 Å². The Bertz CT molecular complexity index is 915. The standard InChI is InChI=1S/C22H33F2N3O4S/c1-4-15(2)19(21(28)26-25-18-9-10-32(29,30)12-18)7-8-20(27-13-22(23,24)14-27)16(3)31-11-17-5-6-17/h7,15,17H,4-6,8-14H2,1-3H3,(H,26,28)/b19-7+,20-16?,25-18-. The molecule has 2 heterocycles. The molecule has 3 aliphatic rings. The molecule has 0 bridgehead atoms. The molecule has 1 atom stereocenters. The lowest BCUT2D eigenvalue weighted by molar-refractivity contribution is -0.119. The Morgan fingerprint density at radius 3 is 2.59 bits per heavy atom. The van der Waals surface area contributed by atoms with Gasteiger partial charge in [-0.25, -0.2) is 22.6 Å². The molecule has 1 aliphatic carbocycles. The number of likely N-dealkylation sites (tertiary alicyclic amines) is 1. The lowest BCUT2D eigenvalue weighted by Gasteiger charge is -2.42. The van der Waals surface area contributed by atoms with Crippen molar-refractivity contribution in [1.29, 1.82) is 0 Å². The molecule has 180 valence electrons. The lowest BCUT2D eigenvalue weighted by Crippen LogP contribution is -2.55. The highest BCUT2D eigenvalue weighted by Gasteiger charge is 2.45. The fraction of sp³-hybridized carbons (Fsp3) is 0.727. The van der Waals surface area contributed by atoms with Crippen LogP contribution >= 0.6 is 0 Å². The van der Waals surface area contributed by atoms with E-state index in [4.69, 9.17) is 4.74 Å². The number of alkyl halides is 2. The molecule has 7 nitrogen and oxygen atoms in total. The minimum Gasteiger partial charge on any atom is -0.496 e. The van der Waals surface area contributed by atoms with E-state index in [1.807, 2.05) is 13.8 Å². The SMILES string of the molecule is CCC(C)/C(=C\CC(=C(C)OCC1CC1)N1CC(F)(F)C1)C(=O)N/N=C1/CCS(=O)(=O)C1. The van der Waals surface area contributed by atoms with Crippen molar-refractivity contribution >= 4 is 21.5 Å². The van der Waals surface area contributed by atoms with Crippen molar-refractivity contribution in [2.45, 2.75) is 58.8 Å². The van der Waals surface area contributed by atoms with Crippen LogP contribution in [0.1, 0.15) is 52.9 Å². The van der Waals surface area contributed by atoms with Crippen LogP contribution in [0.4, 0.5) is 8.78 Å². The van der Waals surface area contributed by atoms with Gasteiger partial charge in [0, 0.05) is 18.4 Å². The summed E-state index contributed by atoms with van der Waals surface area (Å²) in [5.74, 6) is -2.12. The fourth-order valence-electron chi connectivity index (χ4n) is 3.71. The summed E-state index contributed by atoms with van der Waals surface area (Å²) in [6.07, 6.45) is 5.34. The molecular weight excluding hydrogens is 440 g/mol. The number of hydrogen-bond donors (Lipinski definition) is 1. The van der Waals surface area contributed by atoms with Gasteiger partial charge in [0.25, 0.3) is 11.8 Å². The second-order valence-corrected chi connectivity index (χ2v) is 11.3. The van der Waals surface area contributed by atoms with Gasteiger partial charge in [-0.3, -0.25) is 4.79 Å². The van der Waals surface area contributed by atoms with E-state index in [1.54, 1.807) is 17.9 Å². The Morgan fingerprint density at radius 1 is 1.38 bits per heavy atom. The van der Waals surface area contributed by atoms with Crippen molar-refractivity contribution in [3.05, 3.63) is 23.1 Å². The quantitative estimate of drug-likeness (QED) is 0.299. The second kappa shape index (κ2) is 9.89. The summed E-state index contributed by atoms with van der Waals surface area (Å²) in [7, 11) is -3.12. The molecule has 0 spiro atoms. The number of hydrazone groups is 1. The first-order valence-corrected chi connectivity index (χ1v) is 13.0. The molecule has 1 saturated carbocycles. The number of nitrogens with one attached hydrogen (secondary N) is 1. The molecule has 0 aromatic carbocycles. The lowest BCUT2D eigenvalue weighted by atomic mass is 9.95. The van der Waals surface area contributed by atoms with Crippen LogP contribution in [-0.2, 0) is 19.4 Å². The van der Waals surface area contributed by atoms with Gasteiger partial charge in [-0.15, -0.1) is 0 Å². The van der Waals surface area contributed by atoms with Gasteiger partial charge in [0.05, 0.1) is 42.6 Å². The van der Waals surface area contributed by atoms with E-state index >= 15 is 0 Å². The zero-order valence-corrected chi connectivity index (χ0v) is 19.8. The van der Waals surface area contributed by atoms with Gasteiger partial charge >= 0.3 is 0 Å². The number of carbonyl (C=O) groups excluding carboxylic acids is 1. The molecule has 3 fully saturated rings. The van der Waals surface area contributed by atoms with Crippen LogP contribution in [0, 0.1) is 11.8 Å². The smallest absolute Gasteiger partial charge is 0.282 e. The number of allylic oxidation sites excluding steroid dienone is 2. The molecule has 0 aromatic rings. The number of nitrogens with zero attached hydrogens (tertiary/aromatic N) is 2. The van der Waals surface area contributed by atoms with Crippen LogP contribution in [0.5, 0.6) is 0 Å². The third-order valence-corrected chi connectivity index (χ3v) is 7.79. The Morgan fingerprint density at radius 2 is 2.06 bits per heavy atom. The number of hydrogen-bond acceptors (Lipinski definition) is 6. The molecule has 1 unspecified atom stereocenters. The van der Waals surface area contributed by atoms with Crippen molar-refractivity contribution in [2.75, 3.05) is 31.2 Å². The molecule has 1 N–H and O–H groups in total. The van der Waals surface area contributed by atoms with Crippen LogP contribution in [0.2, 0.25) is 0 Å². The minimum atomic E-state index is -3.12. The Balaban J connectivity index is 1.73. The molecule has 2 aliphatic heterocycles. The zero-order valence-electron chi connectivity index (χ0n) is 19.0. The van der Waals surface area contributed by atoms with E-state index in [9.17, 15) is 22.0 Å². The van der Waals surface area contributed by atoms with Crippen molar-refractivity contribution in [3.63, 3.8) is 0 Å². The van der Waals surface area contributed by atoms with Gasteiger partial charge in [0.1, 0.15) is 5.76 Å². The van der Waals surface area contributed by atoms with Crippen LogP contribution in [-0.4, -0.2) is 62.1 Å². The maximum Gasteiger partial charge on any atom is 0.282 e. The molecule has 0 aromatic heterocycles. The van der Waals surface area contributed by atoms with Gasteiger partial charge in [0.2, 0.25) is 0 Å². The van der Waals surface area contributed by atoms with E-state index in [2.05, 4.69) is 10.5 Å². The van der Waals surface area contributed by atoms with E-state index in [0.29, 0.717) is 54.5 Å². The van der Waals surface area contributed by atoms with E-state index in [1.165, 1.54) is 0 Å².